The molecule has 1 aromatic heterocycles. The molecule has 8 heteroatoms. The van der Waals surface area contributed by atoms with Crippen LogP contribution in [-0.2, 0) is 11.3 Å². The first-order valence-corrected chi connectivity index (χ1v) is 7.89. The Morgan fingerprint density at radius 1 is 1.32 bits per heavy atom. The van der Waals surface area contributed by atoms with Gasteiger partial charge in [-0.3, -0.25) is 9.59 Å². The van der Waals surface area contributed by atoms with Crippen LogP contribution in [0.15, 0.2) is 33.9 Å². The fourth-order valence-electron chi connectivity index (χ4n) is 1.64. The summed E-state index contributed by atoms with van der Waals surface area (Å²) in [6, 6.07) is 6.72. The topological polar surface area (TPSA) is 97.1 Å². The predicted molar refractivity (Wildman–Crippen MR) is 82.6 cm³/mol. The van der Waals surface area contributed by atoms with Crippen LogP contribution in [0.2, 0.25) is 0 Å². The normalized spacial score (nSPS) is 10.3. The fourth-order valence-corrected chi connectivity index (χ4v) is 1.94. The van der Waals surface area contributed by atoms with E-state index in [2.05, 4.69) is 20.8 Å². The molecule has 7 nitrogen and oxygen atoms in total. The quantitative estimate of drug-likeness (QED) is 0.791. The highest BCUT2D eigenvalue weighted by Crippen LogP contribution is 2.13. The number of rotatable bonds is 6. The summed E-state index contributed by atoms with van der Waals surface area (Å²) in [5, 5.41) is 13.5. The number of carbonyl (C=O) groups is 2. The number of amides is 2. The third-order valence-corrected chi connectivity index (χ3v) is 3.27. The van der Waals surface area contributed by atoms with E-state index < -0.39 is 0 Å². The number of carbonyl (C=O) groups excluding carboxylic acids is 2. The molecule has 0 aliphatic heterocycles. The maximum atomic E-state index is 12.1. The van der Waals surface area contributed by atoms with E-state index in [1.165, 1.54) is 11.8 Å². The van der Waals surface area contributed by atoms with Crippen LogP contribution >= 0.6 is 11.8 Å². The highest BCUT2D eigenvalue weighted by atomic mass is 32.2. The van der Waals surface area contributed by atoms with Crippen molar-refractivity contribution in [1.82, 2.24) is 15.5 Å². The summed E-state index contributed by atoms with van der Waals surface area (Å²) < 4.78 is 5.28. The van der Waals surface area contributed by atoms with Gasteiger partial charge in [-0.15, -0.1) is 10.2 Å². The highest BCUT2D eigenvalue weighted by Gasteiger charge is 2.10. The molecule has 0 saturated carbocycles. The second-order valence-corrected chi connectivity index (χ2v) is 5.09. The molecule has 0 atom stereocenters. The van der Waals surface area contributed by atoms with Crippen molar-refractivity contribution in [1.29, 1.82) is 0 Å². The molecule has 2 rings (SSSR count). The zero-order valence-electron chi connectivity index (χ0n) is 12.3. The molecule has 0 unspecified atom stereocenters. The van der Waals surface area contributed by atoms with Crippen LogP contribution in [-0.4, -0.2) is 28.3 Å². The number of thioether (sulfide) groups is 1. The van der Waals surface area contributed by atoms with Crippen LogP contribution < -0.4 is 10.6 Å². The van der Waals surface area contributed by atoms with Gasteiger partial charge in [0.1, 0.15) is 0 Å². The number of nitrogens with one attached hydrogen (secondary N) is 2. The van der Waals surface area contributed by atoms with Gasteiger partial charge in [-0.05, 0) is 24.5 Å². The smallest absolute Gasteiger partial charge is 0.276 e. The minimum absolute atomic E-state index is 0.104. The van der Waals surface area contributed by atoms with E-state index in [9.17, 15) is 9.59 Å². The number of benzene rings is 1. The van der Waals surface area contributed by atoms with Crippen LogP contribution in [0.1, 0.15) is 29.6 Å². The van der Waals surface area contributed by atoms with E-state index in [0.717, 1.165) is 0 Å². The first-order chi connectivity index (χ1) is 10.6. The minimum atomic E-state index is -0.281. The van der Waals surface area contributed by atoms with Gasteiger partial charge < -0.3 is 15.1 Å². The van der Waals surface area contributed by atoms with E-state index in [-0.39, 0.29) is 18.4 Å². The number of anilines is 1. The monoisotopic (exact) mass is 320 g/mol. The molecule has 0 radical (unpaired) electrons. The zero-order chi connectivity index (χ0) is 15.9. The highest BCUT2D eigenvalue weighted by molar-refractivity contribution is 7.98. The molecule has 2 amide bonds. The van der Waals surface area contributed by atoms with Crippen molar-refractivity contribution in [2.45, 2.75) is 25.1 Å². The fraction of sp³-hybridized carbons (Fsp3) is 0.286. The van der Waals surface area contributed by atoms with Gasteiger partial charge in [-0.2, -0.15) is 0 Å². The second kappa shape index (κ2) is 7.60. The summed E-state index contributed by atoms with van der Waals surface area (Å²) in [6.07, 6.45) is 2.21. The van der Waals surface area contributed by atoms with E-state index in [1.54, 1.807) is 31.2 Å². The number of nitrogens with zero attached hydrogens (tertiary/aromatic N) is 2. The van der Waals surface area contributed by atoms with Crippen molar-refractivity contribution >= 4 is 29.3 Å². The molecule has 22 heavy (non-hydrogen) atoms. The van der Waals surface area contributed by atoms with Crippen molar-refractivity contribution in [3.63, 3.8) is 0 Å². The average Bonchev–Trinajstić information content (AvgIpc) is 3.00. The third-order valence-electron chi connectivity index (χ3n) is 2.75. The lowest BCUT2D eigenvalue weighted by atomic mass is 10.2. The molecular formula is C14H16N4O3S. The molecule has 1 aromatic carbocycles. The predicted octanol–water partition coefficient (Wildman–Crippen LogP) is 2.07. The lowest BCUT2D eigenvalue weighted by Crippen LogP contribution is -2.23. The maximum absolute atomic E-state index is 12.1. The SMILES string of the molecule is CCC(=O)Nc1cccc(C(=O)NCc2nnc(SC)o2)c1. The van der Waals surface area contributed by atoms with Crippen LogP contribution in [0, 0.1) is 0 Å². The standard InChI is InChI=1S/C14H16N4O3S/c1-3-11(19)16-10-6-4-5-9(7-10)13(20)15-8-12-17-18-14(21-12)22-2/h4-7H,3,8H2,1-2H3,(H,15,20)(H,16,19). The van der Waals surface area contributed by atoms with Crippen LogP contribution in [0.5, 0.6) is 0 Å². The maximum Gasteiger partial charge on any atom is 0.276 e. The Morgan fingerprint density at radius 2 is 2.14 bits per heavy atom. The molecule has 2 aromatic rings. The van der Waals surface area contributed by atoms with E-state index in [0.29, 0.717) is 28.8 Å². The number of hydrogen-bond donors (Lipinski definition) is 2. The molecule has 0 spiro atoms. The first kappa shape index (κ1) is 16.0. The summed E-state index contributed by atoms with van der Waals surface area (Å²) in [7, 11) is 0. The molecule has 0 saturated heterocycles. The Kier molecular flexibility index (Phi) is 5.54. The summed E-state index contributed by atoms with van der Waals surface area (Å²) in [6.45, 7) is 1.91. The van der Waals surface area contributed by atoms with Gasteiger partial charge in [0.05, 0.1) is 6.54 Å². The van der Waals surface area contributed by atoms with Gasteiger partial charge in [0.2, 0.25) is 11.8 Å². The summed E-state index contributed by atoms with van der Waals surface area (Å²) >= 11 is 1.34. The van der Waals surface area contributed by atoms with Crippen molar-refractivity contribution in [2.24, 2.45) is 0 Å². The number of hydrogen-bond acceptors (Lipinski definition) is 6. The number of aromatic nitrogens is 2. The van der Waals surface area contributed by atoms with Gasteiger partial charge >= 0.3 is 0 Å². The third kappa shape index (κ3) is 4.32. The van der Waals surface area contributed by atoms with Crippen molar-refractivity contribution in [2.75, 3.05) is 11.6 Å². The molecule has 0 bridgehead atoms. The van der Waals surface area contributed by atoms with Crippen LogP contribution in [0.4, 0.5) is 5.69 Å². The van der Waals surface area contributed by atoms with Gasteiger partial charge in [0, 0.05) is 17.7 Å². The van der Waals surface area contributed by atoms with E-state index in [1.807, 2.05) is 6.26 Å². The lowest BCUT2D eigenvalue weighted by Gasteiger charge is -2.06. The molecule has 1 heterocycles. The molecule has 2 N–H and O–H groups in total. The van der Waals surface area contributed by atoms with E-state index in [4.69, 9.17) is 4.42 Å². The van der Waals surface area contributed by atoms with Crippen molar-refractivity contribution in [3.05, 3.63) is 35.7 Å². The summed E-state index contributed by atoms with van der Waals surface area (Å²) in [4.78, 5) is 23.4. The van der Waals surface area contributed by atoms with Gasteiger partial charge in [0.15, 0.2) is 0 Å². The van der Waals surface area contributed by atoms with Gasteiger partial charge in [-0.1, -0.05) is 24.8 Å². The van der Waals surface area contributed by atoms with Gasteiger partial charge in [-0.25, -0.2) is 0 Å². The Bertz CT molecular complexity index is 672. The van der Waals surface area contributed by atoms with Crippen molar-refractivity contribution < 1.29 is 14.0 Å². The largest absolute Gasteiger partial charge is 0.414 e. The molecular weight excluding hydrogens is 304 g/mol. The average molecular weight is 320 g/mol. The Morgan fingerprint density at radius 3 is 2.82 bits per heavy atom. The molecule has 0 aliphatic rings. The van der Waals surface area contributed by atoms with E-state index >= 15 is 0 Å². The summed E-state index contributed by atoms with van der Waals surface area (Å²) in [5.74, 6) is -0.0438. The second-order valence-electron chi connectivity index (χ2n) is 4.33. The first-order valence-electron chi connectivity index (χ1n) is 6.67. The summed E-state index contributed by atoms with van der Waals surface area (Å²) in [5.41, 5.74) is 1.03. The van der Waals surface area contributed by atoms with Crippen LogP contribution in [0.25, 0.3) is 0 Å². The Balaban J connectivity index is 1.97. The van der Waals surface area contributed by atoms with Crippen LogP contribution in [0.3, 0.4) is 0 Å². The Labute approximate surface area is 131 Å². The van der Waals surface area contributed by atoms with Crippen molar-refractivity contribution in [3.8, 4) is 0 Å². The molecule has 116 valence electrons. The van der Waals surface area contributed by atoms with Gasteiger partial charge in [0.25, 0.3) is 11.1 Å². The lowest BCUT2D eigenvalue weighted by molar-refractivity contribution is -0.115. The molecule has 0 aliphatic carbocycles. The zero-order valence-corrected chi connectivity index (χ0v) is 13.1. The minimum Gasteiger partial charge on any atom is -0.414 e. The Hall–Kier alpha value is -2.35. The molecule has 0 fully saturated rings.